The fourth-order valence-corrected chi connectivity index (χ4v) is 3.78. The van der Waals surface area contributed by atoms with Gasteiger partial charge in [-0.05, 0) is 72.0 Å². The molecule has 3 aromatic carbocycles. The third-order valence-electron chi connectivity index (χ3n) is 5.59. The highest BCUT2D eigenvalue weighted by Gasteiger charge is 2.13. The monoisotopic (exact) mass is 413 g/mol. The zero-order valence-electron chi connectivity index (χ0n) is 19.6. The number of benzene rings is 3. The minimum atomic E-state index is 0.539. The average molecular weight is 414 g/mol. The molecule has 3 aromatic rings. The molecule has 0 radical (unpaired) electrons. The molecule has 0 spiro atoms. The van der Waals surface area contributed by atoms with Crippen molar-refractivity contribution in [2.45, 2.75) is 33.1 Å². The number of allylic oxidation sites excluding steroid dienone is 1. The highest BCUT2D eigenvalue weighted by Crippen LogP contribution is 2.35. The maximum absolute atomic E-state index is 5.91. The molecule has 0 atom stereocenters. The molecule has 0 aliphatic rings. The second-order valence-corrected chi connectivity index (χ2v) is 8.53. The van der Waals surface area contributed by atoms with Crippen LogP contribution < -0.4 is 4.74 Å². The van der Waals surface area contributed by atoms with Gasteiger partial charge < -0.3 is 9.64 Å². The summed E-state index contributed by atoms with van der Waals surface area (Å²) in [5.41, 5.74) is 7.78. The molecule has 0 saturated heterocycles. The van der Waals surface area contributed by atoms with Crippen molar-refractivity contribution in [2.75, 3.05) is 27.2 Å². The summed E-state index contributed by atoms with van der Waals surface area (Å²) in [5.74, 6) is 1.45. The molecule has 162 valence electrons. The van der Waals surface area contributed by atoms with E-state index in [0.717, 1.165) is 18.7 Å². The van der Waals surface area contributed by atoms with Gasteiger partial charge in [-0.15, -0.1) is 0 Å². The quantitative estimate of drug-likeness (QED) is 0.346. The van der Waals surface area contributed by atoms with E-state index in [1.165, 1.54) is 33.4 Å². The zero-order valence-corrected chi connectivity index (χ0v) is 19.6. The van der Waals surface area contributed by atoms with Crippen LogP contribution in [0.5, 0.6) is 5.75 Å². The lowest BCUT2D eigenvalue weighted by Crippen LogP contribution is -2.19. The highest BCUT2D eigenvalue weighted by atomic mass is 16.5. The first-order chi connectivity index (χ1) is 15.0. The molecule has 2 heteroatoms. The fourth-order valence-electron chi connectivity index (χ4n) is 3.78. The van der Waals surface area contributed by atoms with Gasteiger partial charge in [-0.25, -0.2) is 0 Å². The van der Waals surface area contributed by atoms with Crippen molar-refractivity contribution in [2.24, 2.45) is 0 Å². The Morgan fingerprint density at radius 3 is 1.90 bits per heavy atom. The first-order valence-electron chi connectivity index (χ1n) is 11.3. The van der Waals surface area contributed by atoms with Crippen molar-refractivity contribution in [3.8, 4) is 5.75 Å². The SMILES string of the molecule is CCC(=C(c1ccccc1)c1ccc(OCCN(C)C)cc1)c1ccc(C(C)C)cc1. The second kappa shape index (κ2) is 11.0. The van der Waals surface area contributed by atoms with Crippen LogP contribution in [0.2, 0.25) is 0 Å². The van der Waals surface area contributed by atoms with Gasteiger partial charge in [0.15, 0.2) is 0 Å². The van der Waals surface area contributed by atoms with Crippen LogP contribution in [0.4, 0.5) is 0 Å². The molecule has 0 aromatic heterocycles. The smallest absolute Gasteiger partial charge is 0.119 e. The topological polar surface area (TPSA) is 12.5 Å². The molecule has 3 rings (SSSR count). The van der Waals surface area contributed by atoms with E-state index in [4.69, 9.17) is 4.74 Å². The van der Waals surface area contributed by atoms with Gasteiger partial charge in [-0.3, -0.25) is 0 Å². The number of ether oxygens (including phenoxy) is 1. The summed E-state index contributed by atoms with van der Waals surface area (Å²) >= 11 is 0. The van der Waals surface area contributed by atoms with Gasteiger partial charge in [-0.2, -0.15) is 0 Å². The van der Waals surface area contributed by atoms with Crippen molar-refractivity contribution in [1.29, 1.82) is 0 Å². The van der Waals surface area contributed by atoms with Crippen molar-refractivity contribution in [1.82, 2.24) is 4.90 Å². The maximum atomic E-state index is 5.91. The minimum Gasteiger partial charge on any atom is -0.492 e. The molecule has 0 bridgehead atoms. The number of hydrogen-bond acceptors (Lipinski definition) is 2. The Kier molecular flexibility index (Phi) is 8.08. The fraction of sp³-hybridized carbons (Fsp3) is 0.310. The predicted octanol–water partition coefficient (Wildman–Crippen LogP) is 7.12. The first kappa shape index (κ1) is 22.8. The van der Waals surface area contributed by atoms with Gasteiger partial charge >= 0.3 is 0 Å². The summed E-state index contributed by atoms with van der Waals surface area (Å²) < 4.78 is 5.91. The first-order valence-corrected chi connectivity index (χ1v) is 11.3. The molecule has 2 nitrogen and oxygen atoms in total. The lowest BCUT2D eigenvalue weighted by atomic mass is 9.87. The van der Waals surface area contributed by atoms with E-state index in [9.17, 15) is 0 Å². The Morgan fingerprint density at radius 2 is 1.35 bits per heavy atom. The molecule has 0 N–H and O–H groups in total. The van der Waals surface area contributed by atoms with Crippen LogP contribution >= 0.6 is 0 Å². The van der Waals surface area contributed by atoms with Crippen LogP contribution in [0.15, 0.2) is 78.9 Å². The number of likely N-dealkylation sites (N-methyl/N-ethyl adjacent to an activating group) is 1. The van der Waals surface area contributed by atoms with Crippen LogP contribution in [-0.4, -0.2) is 32.1 Å². The van der Waals surface area contributed by atoms with Gasteiger partial charge in [0, 0.05) is 6.54 Å². The largest absolute Gasteiger partial charge is 0.492 e. The van der Waals surface area contributed by atoms with Crippen molar-refractivity contribution in [3.05, 3.63) is 101 Å². The normalized spacial score (nSPS) is 12.2. The van der Waals surface area contributed by atoms with E-state index in [2.05, 4.69) is 119 Å². The molecule has 31 heavy (non-hydrogen) atoms. The summed E-state index contributed by atoms with van der Waals surface area (Å²) in [6, 6.07) is 28.3. The maximum Gasteiger partial charge on any atom is 0.119 e. The molecule has 0 unspecified atom stereocenters. The Labute approximate surface area is 188 Å². The minimum absolute atomic E-state index is 0.539. The van der Waals surface area contributed by atoms with Gasteiger partial charge in [0.05, 0.1) is 0 Å². The Morgan fingerprint density at radius 1 is 0.774 bits per heavy atom. The molecular weight excluding hydrogens is 378 g/mol. The van der Waals surface area contributed by atoms with Crippen molar-refractivity contribution >= 4 is 11.1 Å². The van der Waals surface area contributed by atoms with E-state index < -0.39 is 0 Å². The van der Waals surface area contributed by atoms with Crippen LogP contribution in [0, 0.1) is 0 Å². The lowest BCUT2D eigenvalue weighted by Gasteiger charge is -2.18. The van der Waals surface area contributed by atoms with Gasteiger partial charge in [0.25, 0.3) is 0 Å². The molecule has 0 saturated carbocycles. The Bertz CT molecular complexity index is 968. The summed E-state index contributed by atoms with van der Waals surface area (Å²) in [5, 5.41) is 0. The van der Waals surface area contributed by atoms with Gasteiger partial charge in [-0.1, -0.05) is 87.5 Å². The van der Waals surface area contributed by atoms with Crippen LogP contribution in [-0.2, 0) is 0 Å². The van der Waals surface area contributed by atoms with Gasteiger partial charge in [0.1, 0.15) is 12.4 Å². The Hall–Kier alpha value is -2.84. The van der Waals surface area contributed by atoms with E-state index in [1.54, 1.807) is 0 Å². The standard InChI is InChI=1S/C29H35NO/c1-6-28(24-14-12-23(13-15-24)22(2)3)29(25-10-8-7-9-11-25)26-16-18-27(19-17-26)31-21-20-30(4)5/h7-19,22H,6,20-21H2,1-5H3. The molecule has 0 aliphatic heterocycles. The van der Waals surface area contributed by atoms with Gasteiger partial charge in [0.2, 0.25) is 0 Å². The van der Waals surface area contributed by atoms with Crippen LogP contribution in [0.1, 0.15) is 55.4 Å². The molecule has 0 amide bonds. The third-order valence-corrected chi connectivity index (χ3v) is 5.59. The van der Waals surface area contributed by atoms with Crippen LogP contribution in [0.25, 0.3) is 11.1 Å². The number of rotatable bonds is 9. The van der Waals surface area contributed by atoms with E-state index >= 15 is 0 Å². The van der Waals surface area contributed by atoms with E-state index in [1.807, 2.05) is 0 Å². The molecule has 0 fully saturated rings. The second-order valence-electron chi connectivity index (χ2n) is 8.53. The Balaban J connectivity index is 2.01. The average Bonchev–Trinajstić information content (AvgIpc) is 2.78. The summed E-state index contributed by atoms with van der Waals surface area (Å²) in [4.78, 5) is 2.13. The van der Waals surface area contributed by atoms with E-state index in [0.29, 0.717) is 12.5 Å². The van der Waals surface area contributed by atoms with Crippen LogP contribution in [0.3, 0.4) is 0 Å². The molecular formula is C29H35NO. The lowest BCUT2D eigenvalue weighted by molar-refractivity contribution is 0.261. The summed E-state index contributed by atoms with van der Waals surface area (Å²) in [6.07, 6.45) is 0.965. The molecule has 0 heterocycles. The number of hydrogen-bond donors (Lipinski definition) is 0. The van der Waals surface area contributed by atoms with Crippen molar-refractivity contribution < 1.29 is 4.74 Å². The summed E-state index contributed by atoms with van der Waals surface area (Å²) in [6.45, 7) is 8.32. The highest BCUT2D eigenvalue weighted by molar-refractivity contribution is 5.98. The van der Waals surface area contributed by atoms with E-state index in [-0.39, 0.29) is 0 Å². The third kappa shape index (κ3) is 6.08. The number of nitrogens with zero attached hydrogens (tertiary/aromatic N) is 1. The summed E-state index contributed by atoms with van der Waals surface area (Å²) in [7, 11) is 4.12. The van der Waals surface area contributed by atoms with Crippen molar-refractivity contribution in [3.63, 3.8) is 0 Å². The predicted molar refractivity (Wildman–Crippen MR) is 134 cm³/mol. The molecule has 0 aliphatic carbocycles. The zero-order chi connectivity index (χ0) is 22.2.